The third kappa shape index (κ3) is 4.80. The first-order chi connectivity index (χ1) is 17.5. The largest absolute Gasteiger partial charge is 0.479 e. The number of ether oxygens (including phenoxy) is 1. The number of fused-ring (bicyclic) bond motifs is 2. The molecule has 1 fully saturated rings. The van der Waals surface area contributed by atoms with Crippen LogP contribution in [0.5, 0.6) is 5.88 Å². The molecule has 0 radical (unpaired) electrons. The minimum absolute atomic E-state index is 0.0657. The van der Waals surface area contributed by atoms with Crippen molar-refractivity contribution in [1.29, 1.82) is 0 Å². The van der Waals surface area contributed by atoms with Gasteiger partial charge in [-0.3, -0.25) is 0 Å². The van der Waals surface area contributed by atoms with Crippen LogP contribution in [0.4, 0.5) is 23.5 Å². The number of sulfonamides is 1. The van der Waals surface area contributed by atoms with Crippen LogP contribution in [0.2, 0.25) is 0 Å². The van der Waals surface area contributed by atoms with E-state index in [2.05, 4.69) is 20.4 Å². The molecule has 0 amide bonds. The number of hydrogen-bond acceptors (Lipinski definition) is 7. The molecule has 5 rings (SSSR count). The van der Waals surface area contributed by atoms with Gasteiger partial charge in [0.25, 0.3) is 12.3 Å². The molecule has 4 aromatic rings. The summed E-state index contributed by atoms with van der Waals surface area (Å²) in [5.74, 6) is -3.37. The maximum Gasteiger partial charge on any atom is 0.281 e. The maximum absolute atomic E-state index is 14.8. The zero-order valence-electron chi connectivity index (χ0n) is 19.8. The van der Waals surface area contributed by atoms with E-state index in [1.165, 1.54) is 22.5 Å². The molecule has 1 aliphatic heterocycles. The van der Waals surface area contributed by atoms with Gasteiger partial charge in [0.2, 0.25) is 21.9 Å². The summed E-state index contributed by atoms with van der Waals surface area (Å²) < 4.78 is 87.8. The summed E-state index contributed by atoms with van der Waals surface area (Å²) >= 11 is 0. The number of alkyl halides is 4. The lowest BCUT2D eigenvalue weighted by molar-refractivity contribution is -0.0541. The minimum atomic E-state index is -3.75. The lowest BCUT2D eigenvalue weighted by atomic mass is 10.0. The van der Waals surface area contributed by atoms with E-state index >= 15 is 0 Å². The SMILES string of the molecule is COc1nc(NC2CCN(S(C)(=O)=O)CC2(F)F)nn2ccc(-c3ccc4ncn(CC(F)F)c4c3)c12. The van der Waals surface area contributed by atoms with Crippen molar-refractivity contribution in [2.45, 2.75) is 31.4 Å². The molecule has 1 saturated heterocycles. The van der Waals surface area contributed by atoms with Gasteiger partial charge in [0.05, 0.1) is 49.9 Å². The van der Waals surface area contributed by atoms with E-state index in [1.807, 2.05) is 0 Å². The molecule has 198 valence electrons. The summed E-state index contributed by atoms with van der Waals surface area (Å²) in [5, 5.41) is 6.93. The van der Waals surface area contributed by atoms with Gasteiger partial charge in [-0.05, 0) is 30.2 Å². The first-order valence-electron chi connectivity index (χ1n) is 11.2. The van der Waals surface area contributed by atoms with E-state index in [0.717, 1.165) is 10.6 Å². The molecule has 15 heteroatoms. The lowest BCUT2D eigenvalue weighted by Crippen LogP contribution is -2.55. The molecular formula is C22H23F4N7O3S. The number of nitrogens with one attached hydrogen (secondary N) is 1. The van der Waals surface area contributed by atoms with Crippen LogP contribution in [0.15, 0.2) is 36.8 Å². The van der Waals surface area contributed by atoms with Gasteiger partial charge in [0, 0.05) is 18.3 Å². The Balaban J connectivity index is 1.48. The van der Waals surface area contributed by atoms with Gasteiger partial charge in [0.15, 0.2) is 0 Å². The van der Waals surface area contributed by atoms with Crippen LogP contribution in [0.3, 0.4) is 0 Å². The van der Waals surface area contributed by atoms with E-state index in [0.29, 0.717) is 27.7 Å². The molecule has 0 aliphatic carbocycles. The Morgan fingerprint density at radius 2 is 2.05 bits per heavy atom. The molecule has 10 nitrogen and oxygen atoms in total. The highest BCUT2D eigenvalue weighted by Gasteiger charge is 2.47. The second-order valence-electron chi connectivity index (χ2n) is 8.80. The number of methoxy groups -OCH3 is 1. The van der Waals surface area contributed by atoms with E-state index in [4.69, 9.17) is 4.74 Å². The topological polar surface area (TPSA) is 107 Å². The minimum Gasteiger partial charge on any atom is -0.479 e. The Hall–Kier alpha value is -3.46. The molecule has 0 bridgehead atoms. The maximum atomic E-state index is 14.8. The third-order valence-electron chi connectivity index (χ3n) is 6.28. The molecule has 1 unspecified atom stereocenters. The standard InChI is InChI=1S/C22H23F4N7O3S/c1-36-20-19-14(13-3-4-15-16(9-13)31(12-27-15)10-18(23)24)5-8-33(19)30-21(29-20)28-17-6-7-32(37(2,34)35)11-22(17,25)26/h3-5,8-9,12,17-18H,6-7,10-11H2,1-2H3,(H,28,30). The predicted octanol–water partition coefficient (Wildman–Crippen LogP) is 3.10. The average molecular weight is 542 g/mol. The number of nitrogens with zero attached hydrogens (tertiary/aromatic N) is 6. The van der Waals surface area contributed by atoms with Crippen LogP contribution in [-0.4, -0.2) is 81.7 Å². The van der Waals surface area contributed by atoms with Crippen molar-refractivity contribution >= 4 is 32.5 Å². The smallest absolute Gasteiger partial charge is 0.281 e. The highest BCUT2D eigenvalue weighted by molar-refractivity contribution is 7.88. The molecule has 37 heavy (non-hydrogen) atoms. The summed E-state index contributed by atoms with van der Waals surface area (Å²) in [6.07, 6.45) is 1.17. The Morgan fingerprint density at radius 3 is 2.73 bits per heavy atom. The summed E-state index contributed by atoms with van der Waals surface area (Å²) in [5.41, 5.74) is 2.85. The molecule has 4 heterocycles. The fourth-order valence-electron chi connectivity index (χ4n) is 4.47. The van der Waals surface area contributed by atoms with Crippen molar-refractivity contribution in [3.63, 3.8) is 0 Å². The highest BCUT2D eigenvalue weighted by Crippen LogP contribution is 2.34. The van der Waals surface area contributed by atoms with Gasteiger partial charge in [-0.25, -0.2) is 35.5 Å². The monoisotopic (exact) mass is 541 g/mol. The fourth-order valence-corrected chi connectivity index (χ4v) is 5.32. The number of anilines is 1. The molecule has 1 atom stereocenters. The molecule has 0 spiro atoms. The summed E-state index contributed by atoms with van der Waals surface area (Å²) in [6, 6.07) is 5.55. The summed E-state index contributed by atoms with van der Waals surface area (Å²) in [6.45, 7) is -1.50. The van der Waals surface area contributed by atoms with Crippen molar-refractivity contribution in [2.24, 2.45) is 0 Å². The fraction of sp³-hybridized carbons (Fsp3) is 0.409. The normalized spacial score (nSPS) is 18.6. The summed E-state index contributed by atoms with van der Waals surface area (Å²) in [7, 11) is -2.37. The van der Waals surface area contributed by atoms with Gasteiger partial charge < -0.3 is 14.6 Å². The number of halogens is 4. The number of imidazole rings is 1. The van der Waals surface area contributed by atoms with Gasteiger partial charge in [-0.15, -0.1) is 5.10 Å². The third-order valence-corrected chi connectivity index (χ3v) is 7.53. The first kappa shape index (κ1) is 25.2. The Labute approximate surface area is 208 Å². The van der Waals surface area contributed by atoms with Crippen LogP contribution < -0.4 is 10.1 Å². The Morgan fingerprint density at radius 1 is 1.27 bits per heavy atom. The van der Waals surface area contributed by atoms with Gasteiger partial charge >= 0.3 is 0 Å². The highest BCUT2D eigenvalue weighted by atomic mass is 32.2. The van der Waals surface area contributed by atoms with Crippen LogP contribution >= 0.6 is 0 Å². The zero-order valence-corrected chi connectivity index (χ0v) is 20.6. The van der Waals surface area contributed by atoms with E-state index in [-0.39, 0.29) is 24.8 Å². The number of hydrogen-bond donors (Lipinski definition) is 1. The van der Waals surface area contributed by atoms with Gasteiger partial charge in [-0.2, -0.15) is 9.29 Å². The Bertz CT molecular complexity index is 1570. The first-order valence-corrected chi connectivity index (χ1v) is 13.1. The van der Waals surface area contributed by atoms with Gasteiger partial charge in [0.1, 0.15) is 5.52 Å². The second kappa shape index (κ2) is 9.13. The van der Waals surface area contributed by atoms with Crippen molar-refractivity contribution in [3.05, 3.63) is 36.8 Å². The van der Waals surface area contributed by atoms with Crippen LogP contribution in [-0.2, 0) is 16.6 Å². The lowest BCUT2D eigenvalue weighted by Gasteiger charge is -2.37. The average Bonchev–Trinajstić information content (AvgIpc) is 3.42. The molecular weight excluding hydrogens is 518 g/mol. The molecule has 0 saturated carbocycles. The quantitative estimate of drug-likeness (QED) is 0.359. The zero-order chi connectivity index (χ0) is 26.5. The van der Waals surface area contributed by atoms with E-state index in [1.54, 1.807) is 30.5 Å². The predicted molar refractivity (Wildman–Crippen MR) is 128 cm³/mol. The number of piperidine rings is 1. The number of rotatable bonds is 7. The van der Waals surface area contributed by atoms with Gasteiger partial charge in [-0.1, -0.05) is 6.07 Å². The van der Waals surface area contributed by atoms with Crippen molar-refractivity contribution in [3.8, 4) is 17.0 Å². The number of benzene rings is 1. The number of aromatic nitrogens is 5. The van der Waals surface area contributed by atoms with Crippen LogP contribution in [0, 0.1) is 0 Å². The molecule has 1 aliphatic rings. The molecule has 1 N–H and O–H groups in total. The van der Waals surface area contributed by atoms with Crippen molar-refractivity contribution in [2.75, 3.05) is 31.8 Å². The van der Waals surface area contributed by atoms with Crippen LogP contribution in [0.1, 0.15) is 6.42 Å². The summed E-state index contributed by atoms with van der Waals surface area (Å²) in [4.78, 5) is 8.42. The van der Waals surface area contributed by atoms with E-state index in [9.17, 15) is 26.0 Å². The molecule has 1 aromatic carbocycles. The second-order valence-corrected chi connectivity index (χ2v) is 10.8. The van der Waals surface area contributed by atoms with Crippen molar-refractivity contribution in [1.82, 2.24) is 28.5 Å². The molecule has 3 aromatic heterocycles. The van der Waals surface area contributed by atoms with E-state index < -0.39 is 41.5 Å². The van der Waals surface area contributed by atoms with Crippen LogP contribution in [0.25, 0.3) is 27.7 Å². The van der Waals surface area contributed by atoms with Crippen molar-refractivity contribution < 1.29 is 30.7 Å². The Kier molecular flexibility index (Phi) is 6.22.